The van der Waals surface area contributed by atoms with Gasteiger partial charge in [0.2, 0.25) is 17.7 Å². The molecule has 3 saturated heterocycles. The number of para-hydroxylation sites is 1. The Morgan fingerprint density at radius 3 is 2.59 bits per heavy atom. The number of allylic oxidation sites excluding steroid dienone is 1. The molecule has 3 aliphatic rings. The lowest BCUT2D eigenvalue weighted by molar-refractivity contribution is -0.161. The molecule has 4 heterocycles. The summed E-state index contributed by atoms with van der Waals surface area (Å²) in [5.74, 6) is -3.89. The largest absolute Gasteiger partial charge is 0.455 e. The van der Waals surface area contributed by atoms with E-state index >= 15 is 0 Å². The van der Waals surface area contributed by atoms with E-state index in [1.165, 1.54) is 4.90 Å². The van der Waals surface area contributed by atoms with E-state index in [1.54, 1.807) is 21.7 Å². The molecule has 7 atom stereocenters. The van der Waals surface area contributed by atoms with Crippen molar-refractivity contribution in [1.29, 1.82) is 0 Å². The van der Waals surface area contributed by atoms with Gasteiger partial charge < -0.3 is 29.7 Å². The Morgan fingerprint density at radius 2 is 1.88 bits per heavy atom. The van der Waals surface area contributed by atoms with Gasteiger partial charge in [-0.3, -0.25) is 19.2 Å². The fraction of sp³-hybridized carbons (Fsp3) is 0.474. The maximum atomic E-state index is 14.9. The van der Waals surface area contributed by atoms with E-state index in [0.717, 1.165) is 5.52 Å². The summed E-state index contributed by atoms with van der Waals surface area (Å²) in [6.07, 6.45) is 3.36. The van der Waals surface area contributed by atoms with Crippen LogP contribution in [0.25, 0.3) is 11.0 Å². The third kappa shape index (κ3) is 6.67. The van der Waals surface area contributed by atoms with Gasteiger partial charge in [0.05, 0.1) is 42.6 Å². The molecule has 6 rings (SSSR count). The number of rotatable bonds is 16. The van der Waals surface area contributed by atoms with Crippen LogP contribution in [-0.4, -0.2) is 97.1 Å². The minimum atomic E-state index is -1.32. The molecule has 2 bridgehead atoms. The van der Waals surface area contributed by atoms with Gasteiger partial charge in [-0.15, -0.1) is 18.3 Å². The van der Waals surface area contributed by atoms with Crippen LogP contribution in [0.3, 0.4) is 0 Å². The number of aliphatic hydroxyl groups is 1. The summed E-state index contributed by atoms with van der Waals surface area (Å²) in [6, 6.07) is 14.7. The number of esters is 1. The van der Waals surface area contributed by atoms with Gasteiger partial charge in [0.25, 0.3) is 0 Å². The number of hydrogen-bond donors (Lipinski definition) is 2. The van der Waals surface area contributed by atoms with Crippen LogP contribution in [0.5, 0.6) is 0 Å². The number of carbonyl (C=O) groups excluding carboxylic acids is 4. The highest BCUT2D eigenvalue weighted by molar-refractivity contribution is 5.98. The van der Waals surface area contributed by atoms with Gasteiger partial charge in [0, 0.05) is 13.0 Å². The van der Waals surface area contributed by atoms with Crippen LogP contribution in [0.4, 0.5) is 0 Å². The van der Waals surface area contributed by atoms with E-state index < -0.39 is 59.5 Å². The van der Waals surface area contributed by atoms with Crippen molar-refractivity contribution in [3.05, 3.63) is 85.5 Å². The van der Waals surface area contributed by atoms with E-state index in [-0.39, 0.29) is 44.6 Å². The standard InChI is InChI=1S/C38H46N6O7/c1-5-7-17-31(46)39-21-30(25-13-9-8-10-14-25)50-37(49)32-29-18-19-38(51-29)33(32)35(47)44(28(22-45)24(3)4)34(38)36(48)42(20-6-2)23-43-27-16-12-11-15-26(27)40-41-43/h5-6,8-16,24,28-30,32-34,45H,1-2,7,17-23H2,3-4H3,(H,39,46)/t28-,29-,30-,32+,33+,34-,38+/m0/s1. The molecule has 13 nitrogen and oxygen atoms in total. The maximum Gasteiger partial charge on any atom is 0.313 e. The van der Waals surface area contributed by atoms with Crippen molar-refractivity contribution in [3.63, 3.8) is 0 Å². The van der Waals surface area contributed by atoms with E-state index in [0.29, 0.717) is 30.3 Å². The predicted molar refractivity (Wildman–Crippen MR) is 187 cm³/mol. The number of benzene rings is 2. The van der Waals surface area contributed by atoms with Gasteiger partial charge in [-0.25, -0.2) is 4.68 Å². The molecule has 0 radical (unpaired) electrons. The van der Waals surface area contributed by atoms with Crippen LogP contribution in [0.1, 0.15) is 51.2 Å². The molecule has 0 unspecified atom stereocenters. The van der Waals surface area contributed by atoms with Crippen LogP contribution in [0.15, 0.2) is 79.9 Å². The van der Waals surface area contributed by atoms with E-state index in [9.17, 15) is 24.3 Å². The molecule has 13 heteroatoms. The molecular formula is C38H46N6O7. The second-order valence-electron chi connectivity index (χ2n) is 13.8. The molecule has 1 spiro atoms. The number of carbonyl (C=O) groups is 4. The van der Waals surface area contributed by atoms with Gasteiger partial charge in [-0.05, 0) is 42.9 Å². The Balaban J connectivity index is 1.32. The summed E-state index contributed by atoms with van der Waals surface area (Å²) in [6.45, 7) is 11.1. The molecule has 0 aliphatic carbocycles. The zero-order valence-corrected chi connectivity index (χ0v) is 29.1. The predicted octanol–water partition coefficient (Wildman–Crippen LogP) is 3.16. The number of nitrogens with zero attached hydrogens (tertiary/aromatic N) is 5. The van der Waals surface area contributed by atoms with Gasteiger partial charge in [-0.1, -0.05) is 73.7 Å². The van der Waals surface area contributed by atoms with Crippen molar-refractivity contribution in [2.45, 2.75) is 76.1 Å². The number of nitrogens with one attached hydrogen (secondary N) is 1. The Labute approximate surface area is 297 Å². The minimum Gasteiger partial charge on any atom is -0.455 e. The van der Waals surface area contributed by atoms with Crippen molar-refractivity contribution >= 4 is 34.7 Å². The quantitative estimate of drug-likeness (QED) is 0.170. The molecule has 270 valence electrons. The number of aromatic nitrogens is 3. The smallest absolute Gasteiger partial charge is 0.313 e. The van der Waals surface area contributed by atoms with Crippen molar-refractivity contribution < 1.29 is 33.8 Å². The topological polar surface area (TPSA) is 156 Å². The molecule has 3 aromatic rings. The summed E-state index contributed by atoms with van der Waals surface area (Å²) in [4.78, 5) is 59.3. The monoisotopic (exact) mass is 698 g/mol. The number of aliphatic hydroxyl groups excluding tert-OH is 1. The van der Waals surface area contributed by atoms with Gasteiger partial charge in [0.15, 0.2) is 0 Å². The van der Waals surface area contributed by atoms with Crippen LogP contribution in [-0.2, 0) is 35.3 Å². The summed E-state index contributed by atoms with van der Waals surface area (Å²) >= 11 is 0. The van der Waals surface area contributed by atoms with Gasteiger partial charge in [-0.2, -0.15) is 0 Å². The summed E-state index contributed by atoms with van der Waals surface area (Å²) in [7, 11) is 0. The fourth-order valence-electron chi connectivity index (χ4n) is 7.99. The molecule has 3 amide bonds. The van der Waals surface area contributed by atoms with Gasteiger partial charge >= 0.3 is 5.97 Å². The summed E-state index contributed by atoms with van der Waals surface area (Å²) in [5, 5.41) is 22.0. The Bertz CT molecular complexity index is 1780. The van der Waals surface area contributed by atoms with Crippen LogP contribution < -0.4 is 5.32 Å². The highest BCUT2D eigenvalue weighted by Gasteiger charge is 2.76. The van der Waals surface area contributed by atoms with E-state index in [1.807, 2.05) is 68.4 Å². The lowest BCUT2D eigenvalue weighted by Gasteiger charge is -2.40. The molecule has 0 saturated carbocycles. The highest BCUT2D eigenvalue weighted by atomic mass is 16.6. The summed E-state index contributed by atoms with van der Waals surface area (Å²) in [5.41, 5.74) is 0.762. The van der Waals surface area contributed by atoms with Crippen LogP contribution in [0.2, 0.25) is 0 Å². The first-order valence-corrected chi connectivity index (χ1v) is 17.6. The van der Waals surface area contributed by atoms with Crippen LogP contribution >= 0.6 is 0 Å². The minimum absolute atomic E-state index is 0.0300. The van der Waals surface area contributed by atoms with Crippen molar-refractivity contribution in [1.82, 2.24) is 30.1 Å². The van der Waals surface area contributed by atoms with E-state index in [4.69, 9.17) is 9.47 Å². The van der Waals surface area contributed by atoms with Crippen molar-refractivity contribution in [3.8, 4) is 0 Å². The third-order valence-corrected chi connectivity index (χ3v) is 10.4. The molecule has 3 aliphatic heterocycles. The molecule has 2 aromatic carbocycles. The summed E-state index contributed by atoms with van der Waals surface area (Å²) < 4.78 is 14.4. The number of likely N-dealkylation sites (tertiary alicyclic amines) is 1. The molecular weight excluding hydrogens is 652 g/mol. The molecule has 1 aromatic heterocycles. The number of hydrogen-bond acceptors (Lipinski definition) is 9. The first-order chi connectivity index (χ1) is 24.6. The highest BCUT2D eigenvalue weighted by Crippen LogP contribution is 2.59. The van der Waals surface area contributed by atoms with Gasteiger partial charge in [0.1, 0.15) is 29.9 Å². The normalized spacial score (nSPS) is 24.7. The second-order valence-corrected chi connectivity index (χ2v) is 13.8. The lowest BCUT2D eigenvalue weighted by Crippen LogP contribution is -2.59. The zero-order valence-electron chi connectivity index (χ0n) is 29.1. The SMILES string of the molecule is C=CCCC(=O)NC[C@H](OC(=O)[C@@H]1[C@@H]2CC[C@]3(O2)[C@H](C(=O)N(CC=C)Cn2nnc4ccccc42)N([C@@H](CO)C(C)C)C(=O)[C@@H]13)c1ccccc1. The molecule has 51 heavy (non-hydrogen) atoms. The number of fused-ring (bicyclic) bond motifs is 2. The third-order valence-electron chi connectivity index (χ3n) is 10.4. The van der Waals surface area contributed by atoms with E-state index in [2.05, 4.69) is 28.8 Å². The average Bonchev–Trinajstić information content (AvgIpc) is 3.89. The Kier molecular flexibility index (Phi) is 10.7. The van der Waals surface area contributed by atoms with Crippen LogP contribution in [0, 0.1) is 17.8 Å². The second kappa shape index (κ2) is 15.2. The Morgan fingerprint density at radius 1 is 1.14 bits per heavy atom. The number of ether oxygens (including phenoxy) is 2. The average molecular weight is 699 g/mol. The first-order valence-electron chi connectivity index (χ1n) is 17.6. The lowest BCUT2D eigenvalue weighted by atomic mass is 9.70. The van der Waals surface area contributed by atoms with Crippen molar-refractivity contribution in [2.75, 3.05) is 19.7 Å². The van der Waals surface area contributed by atoms with Crippen molar-refractivity contribution in [2.24, 2.45) is 17.8 Å². The maximum absolute atomic E-state index is 14.9. The fourth-order valence-corrected chi connectivity index (χ4v) is 7.99. The zero-order chi connectivity index (χ0) is 36.3. The molecule has 3 fully saturated rings. The number of amides is 3. The molecule has 2 N–H and O–H groups in total. The first kappa shape index (κ1) is 35.9. The Hall–Kier alpha value is -4.88.